The van der Waals surface area contributed by atoms with Crippen molar-refractivity contribution in [2.45, 2.75) is 77.4 Å². The maximum Gasteiger partial charge on any atom is 0.338 e. The second-order valence-electron chi connectivity index (χ2n) is 10.3. The van der Waals surface area contributed by atoms with Gasteiger partial charge >= 0.3 is 5.97 Å². The maximum absolute atomic E-state index is 13.5. The Bertz CT molecular complexity index is 1380. The van der Waals surface area contributed by atoms with Crippen molar-refractivity contribution < 1.29 is 19.1 Å². The molecular formula is C32H35ClN2O4S. The Kier molecular flexibility index (Phi) is 9.55. The minimum Gasteiger partial charge on any atom is -0.488 e. The van der Waals surface area contributed by atoms with E-state index in [0.717, 1.165) is 60.2 Å². The van der Waals surface area contributed by atoms with Crippen molar-refractivity contribution in [1.29, 1.82) is 0 Å². The Hall–Kier alpha value is -3.16. The molecule has 0 bridgehead atoms. The summed E-state index contributed by atoms with van der Waals surface area (Å²) in [6.07, 6.45) is 11.6. The number of aliphatic imine (C=N–C) groups is 1. The zero-order valence-corrected chi connectivity index (χ0v) is 24.4. The van der Waals surface area contributed by atoms with Gasteiger partial charge in [0.1, 0.15) is 17.4 Å². The van der Waals surface area contributed by atoms with Gasteiger partial charge in [-0.25, -0.2) is 9.79 Å². The van der Waals surface area contributed by atoms with E-state index in [4.69, 9.17) is 26.1 Å². The molecule has 2 aliphatic carbocycles. The molecule has 210 valence electrons. The van der Waals surface area contributed by atoms with E-state index in [1.165, 1.54) is 29.7 Å². The number of carbonyl (C=O) groups is 2. The van der Waals surface area contributed by atoms with Crippen molar-refractivity contribution in [2.75, 3.05) is 6.61 Å². The third-order valence-electron chi connectivity index (χ3n) is 7.47. The minimum atomic E-state index is -0.340. The molecule has 2 aromatic carbocycles. The summed E-state index contributed by atoms with van der Waals surface area (Å²) in [5.41, 5.74) is 4.07. The summed E-state index contributed by atoms with van der Waals surface area (Å²) in [5, 5.41) is 4.63. The average Bonchev–Trinajstić information content (AvgIpc) is 3.35. The summed E-state index contributed by atoms with van der Waals surface area (Å²) in [6, 6.07) is 12.8. The van der Waals surface area contributed by atoms with Crippen LogP contribution in [0, 0.1) is 0 Å². The number of benzene rings is 2. The number of hydrogen-bond acceptors (Lipinski definition) is 6. The maximum atomic E-state index is 13.5. The second-order valence-corrected chi connectivity index (χ2v) is 11.9. The molecule has 2 aliphatic rings. The summed E-state index contributed by atoms with van der Waals surface area (Å²) in [5.74, 6) is 0.303. The number of nitrogens with zero attached hydrogens (tertiary/aromatic N) is 1. The van der Waals surface area contributed by atoms with Gasteiger partial charge in [0.15, 0.2) is 0 Å². The van der Waals surface area contributed by atoms with E-state index in [0.29, 0.717) is 29.5 Å². The highest BCUT2D eigenvalue weighted by molar-refractivity contribution is 7.16. The molecule has 0 unspecified atom stereocenters. The van der Waals surface area contributed by atoms with Crippen LogP contribution in [0.25, 0.3) is 0 Å². The third kappa shape index (κ3) is 6.94. The Morgan fingerprint density at radius 1 is 1.05 bits per heavy atom. The Labute approximate surface area is 244 Å². The van der Waals surface area contributed by atoms with Gasteiger partial charge in [0.2, 0.25) is 0 Å². The number of fused-ring (bicyclic) bond motifs is 1. The fraction of sp³-hybridized carbons (Fsp3) is 0.406. The topological polar surface area (TPSA) is 77.0 Å². The quantitative estimate of drug-likeness (QED) is 0.207. The number of ether oxygens (including phenoxy) is 2. The van der Waals surface area contributed by atoms with Crippen molar-refractivity contribution in [3.8, 4) is 5.75 Å². The van der Waals surface area contributed by atoms with Crippen LogP contribution in [0.5, 0.6) is 5.75 Å². The lowest BCUT2D eigenvalue weighted by Crippen LogP contribution is -2.36. The molecule has 1 amide bonds. The Balaban J connectivity index is 1.35. The first-order valence-corrected chi connectivity index (χ1v) is 15.4. The summed E-state index contributed by atoms with van der Waals surface area (Å²) in [4.78, 5) is 31.6. The lowest BCUT2D eigenvalue weighted by Gasteiger charge is -2.23. The van der Waals surface area contributed by atoms with Crippen LogP contribution < -0.4 is 10.1 Å². The van der Waals surface area contributed by atoms with Gasteiger partial charge in [-0.1, -0.05) is 43.0 Å². The first-order chi connectivity index (χ1) is 19.5. The molecule has 3 aromatic rings. The number of rotatable bonds is 9. The zero-order valence-electron chi connectivity index (χ0n) is 22.8. The monoisotopic (exact) mass is 578 g/mol. The van der Waals surface area contributed by atoms with Gasteiger partial charge in [-0.2, -0.15) is 0 Å². The molecule has 1 fully saturated rings. The molecule has 0 atom stereocenters. The highest BCUT2D eigenvalue weighted by Crippen LogP contribution is 2.40. The lowest BCUT2D eigenvalue weighted by atomic mass is 9.93. The highest BCUT2D eigenvalue weighted by Gasteiger charge is 2.27. The van der Waals surface area contributed by atoms with Crippen molar-refractivity contribution in [1.82, 2.24) is 5.32 Å². The molecule has 0 aliphatic heterocycles. The number of nitrogens with one attached hydrogen (secondary N) is 1. The fourth-order valence-corrected chi connectivity index (χ4v) is 6.78. The first-order valence-electron chi connectivity index (χ1n) is 14.2. The van der Waals surface area contributed by atoms with Gasteiger partial charge in [0.25, 0.3) is 5.91 Å². The average molecular weight is 579 g/mol. The lowest BCUT2D eigenvalue weighted by molar-refractivity contribution is 0.0526. The molecule has 8 heteroatoms. The number of aryl methyl sites for hydroxylation is 1. The number of carbonyl (C=O) groups excluding carboxylic acids is 2. The van der Waals surface area contributed by atoms with E-state index < -0.39 is 0 Å². The van der Waals surface area contributed by atoms with Crippen molar-refractivity contribution in [3.63, 3.8) is 0 Å². The Morgan fingerprint density at radius 3 is 2.60 bits per heavy atom. The number of halogens is 1. The molecule has 40 heavy (non-hydrogen) atoms. The zero-order chi connectivity index (χ0) is 27.9. The van der Waals surface area contributed by atoms with Gasteiger partial charge < -0.3 is 14.8 Å². The van der Waals surface area contributed by atoms with E-state index in [2.05, 4.69) is 5.32 Å². The molecule has 1 heterocycles. The first kappa shape index (κ1) is 28.4. The van der Waals surface area contributed by atoms with Crippen LogP contribution in [-0.2, 0) is 24.2 Å². The van der Waals surface area contributed by atoms with Gasteiger partial charge in [-0.05, 0) is 86.9 Å². The van der Waals surface area contributed by atoms with E-state index in [9.17, 15) is 9.59 Å². The predicted molar refractivity (Wildman–Crippen MR) is 161 cm³/mol. The molecule has 0 radical (unpaired) electrons. The van der Waals surface area contributed by atoms with E-state index in [1.54, 1.807) is 42.7 Å². The van der Waals surface area contributed by atoms with Gasteiger partial charge in [0, 0.05) is 27.7 Å². The van der Waals surface area contributed by atoms with Gasteiger partial charge in [-0.3, -0.25) is 4.79 Å². The van der Waals surface area contributed by atoms with E-state index in [-0.39, 0.29) is 17.9 Å². The standard InChI is InChI=1S/C32H35ClN2O4S/c1-2-38-32(37)22-14-12-21(13-15-22)20-39-27-17-16-24(33)18-23(27)19-34-31-29(26-10-6-7-11-28(26)40-31)30(36)35-25-8-4-3-5-9-25/h12-19,25H,2-11,20H2,1H3,(H,35,36). The Morgan fingerprint density at radius 2 is 1.82 bits per heavy atom. The molecule has 0 spiro atoms. The van der Waals surface area contributed by atoms with Crippen molar-refractivity contribution in [2.24, 2.45) is 4.99 Å². The molecule has 0 saturated heterocycles. The van der Waals surface area contributed by atoms with Crippen LogP contribution in [-0.4, -0.2) is 30.7 Å². The van der Waals surface area contributed by atoms with Gasteiger partial charge in [-0.15, -0.1) is 11.3 Å². The van der Waals surface area contributed by atoms with Crippen LogP contribution in [0.1, 0.15) is 94.2 Å². The summed E-state index contributed by atoms with van der Waals surface area (Å²) < 4.78 is 11.2. The molecule has 1 saturated carbocycles. The minimum absolute atomic E-state index is 0.00674. The van der Waals surface area contributed by atoms with Crippen molar-refractivity contribution in [3.05, 3.63) is 80.2 Å². The number of esters is 1. The van der Waals surface area contributed by atoms with Crippen LogP contribution in [0.2, 0.25) is 5.02 Å². The highest BCUT2D eigenvalue weighted by atomic mass is 35.5. The fourth-order valence-electron chi connectivity index (χ4n) is 5.37. The number of amides is 1. The van der Waals surface area contributed by atoms with Gasteiger partial charge in [0.05, 0.1) is 17.7 Å². The molecule has 1 aromatic heterocycles. The number of hydrogen-bond donors (Lipinski definition) is 1. The molecule has 1 N–H and O–H groups in total. The predicted octanol–water partition coefficient (Wildman–Crippen LogP) is 7.85. The molecular weight excluding hydrogens is 544 g/mol. The summed E-state index contributed by atoms with van der Waals surface area (Å²) in [7, 11) is 0. The van der Waals surface area contributed by atoms with Crippen molar-refractivity contribution >= 4 is 46.0 Å². The molecule has 5 rings (SSSR count). The number of thiophene rings is 1. The molecule has 6 nitrogen and oxygen atoms in total. The third-order valence-corrected chi connectivity index (χ3v) is 8.91. The largest absolute Gasteiger partial charge is 0.488 e. The summed E-state index contributed by atoms with van der Waals surface area (Å²) >= 11 is 7.97. The van der Waals surface area contributed by atoms with Crippen LogP contribution in [0.15, 0.2) is 47.5 Å². The summed E-state index contributed by atoms with van der Waals surface area (Å²) in [6.45, 7) is 2.44. The smallest absolute Gasteiger partial charge is 0.338 e. The van der Waals surface area contributed by atoms with E-state index >= 15 is 0 Å². The normalized spacial score (nSPS) is 15.6. The van der Waals surface area contributed by atoms with Crippen LogP contribution >= 0.6 is 22.9 Å². The SMILES string of the molecule is CCOC(=O)c1ccc(COc2ccc(Cl)cc2C=Nc2sc3c(c2C(=O)NC2CCCCC2)CCCC3)cc1. The van der Waals surface area contributed by atoms with E-state index in [1.807, 2.05) is 24.3 Å². The van der Waals surface area contributed by atoms with Crippen LogP contribution in [0.3, 0.4) is 0 Å². The van der Waals surface area contributed by atoms with Crippen LogP contribution in [0.4, 0.5) is 5.00 Å². The second kappa shape index (κ2) is 13.5.